The van der Waals surface area contributed by atoms with E-state index in [1.165, 1.54) is 0 Å². The van der Waals surface area contributed by atoms with Crippen molar-refractivity contribution in [3.63, 3.8) is 0 Å². The molecule has 1 saturated heterocycles. The molecule has 0 bridgehead atoms. The van der Waals surface area contributed by atoms with Crippen molar-refractivity contribution in [2.24, 2.45) is 0 Å². The molecule has 0 N–H and O–H groups in total. The molecule has 1 aromatic heterocycles. The van der Waals surface area contributed by atoms with Gasteiger partial charge in [0.1, 0.15) is 4.11 Å². The van der Waals surface area contributed by atoms with Gasteiger partial charge in [-0.1, -0.05) is 12.1 Å². The number of rotatable bonds is 4. The number of hydrogen-bond donors (Lipinski definition) is 0. The summed E-state index contributed by atoms with van der Waals surface area (Å²) in [5, 5.41) is 1.08. The van der Waals surface area contributed by atoms with Crippen molar-refractivity contribution in [1.82, 2.24) is 4.90 Å². The first-order valence-corrected chi connectivity index (χ1v) is 12.1. The summed E-state index contributed by atoms with van der Waals surface area (Å²) in [5.74, 6) is -0.450. The molecule has 0 aliphatic carbocycles. The van der Waals surface area contributed by atoms with E-state index in [0.29, 0.717) is 22.9 Å². The zero-order chi connectivity index (χ0) is 21.5. The Morgan fingerprint density at radius 1 is 1.30 bits per heavy atom. The number of benzene rings is 2. The van der Waals surface area contributed by atoms with Crippen molar-refractivity contribution in [3.05, 3.63) is 57.7 Å². The van der Waals surface area contributed by atoms with E-state index in [1.807, 2.05) is 30.3 Å². The van der Waals surface area contributed by atoms with Crippen LogP contribution in [0, 0.1) is 0 Å². The third kappa shape index (κ3) is 3.88. The number of hydrogen-bond acceptors (Lipinski definition) is 6. The van der Waals surface area contributed by atoms with E-state index >= 15 is 0 Å². The van der Waals surface area contributed by atoms with Gasteiger partial charge >= 0.3 is 5.97 Å². The number of halogens is 1. The standard InChI is InChI=1S/C23H24INO4S/c1-4-28-22(27)16-11-14(23(2,3)25-9-10-29-19(24)13-25)12-18-20(16)21(26)15-7-5-6-8-17(15)30-18/h5-8,11-12,19H,4,9-10,13H2,1-3H3. The fourth-order valence-corrected chi connectivity index (χ4v) is 5.82. The molecule has 158 valence electrons. The monoisotopic (exact) mass is 537 g/mol. The molecule has 30 heavy (non-hydrogen) atoms. The summed E-state index contributed by atoms with van der Waals surface area (Å²) in [6, 6.07) is 11.5. The molecule has 1 atom stereocenters. The maximum Gasteiger partial charge on any atom is 0.338 e. The minimum absolute atomic E-state index is 0.120. The fourth-order valence-electron chi connectivity index (χ4n) is 3.95. The molecule has 3 aromatic rings. The average Bonchev–Trinajstić information content (AvgIpc) is 2.73. The highest BCUT2D eigenvalue weighted by Gasteiger charge is 2.34. The number of nitrogens with zero attached hydrogens (tertiary/aromatic N) is 1. The molecule has 0 radical (unpaired) electrons. The first-order chi connectivity index (χ1) is 14.3. The highest BCUT2D eigenvalue weighted by molar-refractivity contribution is 14.1. The lowest BCUT2D eigenvalue weighted by atomic mass is 9.89. The molecule has 0 amide bonds. The average molecular weight is 537 g/mol. The summed E-state index contributed by atoms with van der Waals surface area (Å²) < 4.78 is 12.9. The number of carbonyl (C=O) groups is 1. The topological polar surface area (TPSA) is 55.8 Å². The van der Waals surface area contributed by atoms with Gasteiger partial charge in [0.15, 0.2) is 5.43 Å². The van der Waals surface area contributed by atoms with Crippen molar-refractivity contribution in [3.8, 4) is 0 Å². The number of esters is 1. The third-order valence-electron chi connectivity index (χ3n) is 5.70. The van der Waals surface area contributed by atoms with Crippen molar-refractivity contribution >= 4 is 60.1 Å². The van der Waals surface area contributed by atoms with Crippen LogP contribution in [0.3, 0.4) is 0 Å². The maximum atomic E-state index is 13.3. The Morgan fingerprint density at radius 2 is 2.07 bits per heavy atom. The zero-order valence-electron chi connectivity index (χ0n) is 17.2. The van der Waals surface area contributed by atoms with Crippen LogP contribution in [-0.4, -0.2) is 41.3 Å². The van der Waals surface area contributed by atoms with E-state index in [9.17, 15) is 9.59 Å². The predicted molar refractivity (Wildman–Crippen MR) is 130 cm³/mol. The van der Waals surface area contributed by atoms with Crippen LogP contribution in [-0.2, 0) is 15.0 Å². The van der Waals surface area contributed by atoms with E-state index in [-0.39, 0.29) is 21.7 Å². The van der Waals surface area contributed by atoms with Gasteiger partial charge in [0, 0.05) is 33.4 Å². The molecule has 2 aromatic carbocycles. The molecular weight excluding hydrogens is 513 g/mol. The molecule has 1 aliphatic heterocycles. The summed E-state index contributed by atoms with van der Waals surface area (Å²) in [6.07, 6.45) is 0. The molecule has 0 saturated carbocycles. The van der Waals surface area contributed by atoms with Gasteiger partial charge in [-0.25, -0.2) is 4.79 Å². The van der Waals surface area contributed by atoms with Crippen LogP contribution in [0.25, 0.3) is 20.2 Å². The van der Waals surface area contributed by atoms with Gasteiger partial charge in [-0.2, -0.15) is 0 Å². The maximum absolute atomic E-state index is 13.3. The van der Waals surface area contributed by atoms with E-state index in [4.69, 9.17) is 9.47 Å². The van der Waals surface area contributed by atoms with Crippen LogP contribution in [0.4, 0.5) is 0 Å². The number of carbonyl (C=O) groups excluding carboxylic acids is 1. The van der Waals surface area contributed by atoms with E-state index in [0.717, 1.165) is 28.1 Å². The largest absolute Gasteiger partial charge is 0.462 e. The van der Waals surface area contributed by atoms with Gasteiger partial charge in [0.2, 0.25) is 0 Å². The molecule has 2 heterocycles. The highest BCUT2D eigenvalue weighted by atomic mass is 127. The zero-order valence-corrected chi connectivity index (χ0v) is 20.2. The van der Waals surface area contributed by atoms with Gasteiger partial charge in [0.25, 0.3) is 0 Å². The Balaban J connectivity index is 1.96. The van der Waals surface area contributed by atoms with Crippen molar-refractivity contribution in [1.29, 1.82) is 0 Å². The Labute approximate surface area is 193 Å². The lowest BCUT2D eigenvalue weighted by Gasteiger charge is -2.43. The summed E-state index contributed by atoms with van der Waals surface area (Å²) in [4.78, 5) is 28.5. The lowest BCUT2D eigenvalue weighted by molar-refractivity contribution is -0.0203. The van der Waals surface area contributed by atoms with Gasteiger partial charge < -0.3 is 9.47 Å². The molecule has 4 rings (SSSR count). The second-order valence-electron chi connectivity index (χ2n) is 7.83. The van der Waals surface area contributed by atoms with E-state index in [2.05, 4.69) is 47.4 Å². The number of fused-ring (bicyclic) bond motifs is 2. The van der Waals surface area contributed by atoms with E-state index < -0.39 is 5.97 Å². The van der Waals surface area contributed by atoms with Gasteiger partial charge in [0.05, 0.1) is 24.2 Å². The Bertz CT molecular complexity index is 1170. The molecule has 5 nitrogen and oxygen atoms in total. The van der Waals surface area contributed by atoms with Crippen LogP contribution in [0.2, 0.25) is 0 Å². The third-order valence-corrected chi connectivity index (χ3v) is 7.57. The molecule has 7 heteroatoms. The first-order valence-electron chi connectivity index (χ1n) is 10.0. The van der Waals surface area contributed by atoms with Crippen molar-refractivity contribution in [2.75, 3.05) is 26.3 Å². The lowest BCUT2D eigenvalue weighted by Crippen LogP contribution is -2.49. The Kier molecular flexibility index (Phi) is 6.16. The van der Waals surface area contributed by atoms with Crippen LogP contribution < -0.4 is 5.43 Å². The summed E-state index contributed by atoms with van der Waals surface area (Å²) in [6.45, 7) is 8.63. The van der Waals surface area contributed by atoms with Crippen LogP contribution in [0.5, 0.6) is 0 Å². The first kappa shape index (κ1) is 21.7. The van der Waals surface area contributed by atoms with Gasteiger partial charge in [-0.15, -0.1) is 11.3 Å². The van der Waals surface area contributed by atoms with Crippen LogP contribution in [0.15, 0.2) is 41.2 Å². The second-order valence-corrected chi connectivity index (χ2v) is 10.3. The van der Waals surface area contributed by atoms with Gasteiger partial charge in [-0.3, -0.25) is 9.69 Å². The number of morpholine rings is 1. The minimum atomic E-state index is -0.450. The highest BCUT2D eigenvalue weighted by Crippen LogP contribution is 2.36. The predicted octanol–water partition coefficient (Wildman–Crippen LogP) is 4.92. The molecule has 1 aliphatic rings. The van der Waals surface area contributed by atoms with Crippen LogP contribution >= 0.6 is 33.9 Å². The minimum Gasteiger partial charge on any atom is -0.462 e. The smallest absolute Gasteiger partial charge is 0.338 e. The Hall–Kier alpha value is -1.55. The van der Waals surface area contributed by atoms with Crippen LogP contribution in [0.1, 0.15) is 36.7 Å². The summed E-state index contributed by atoms with van der Waals surface area (Å²) in [7, 11) is 0. The fraction of sp³-hybridized carbons (Fsp3) is 0.391. The molecule has 0 spiro atoms. The van der Waals surface area contributed by atoms with E-state index in [1.54, 1.807) is 18.3 Å². The number of alkyl halides is 1. The quantitative estimate of drug-likeness (QED) is 0.205. The molecule has 1 unspecified atom stereocenters. The van der Waals surface area contributed by atoms with Crippen molar-refractivity contribution < 1.29 is 14.3 Å². The normalized spacial score (nSPS) is 18.1. The molecule has 1 fully saturated rings. The Morgan fingerprint density at radius 3 is 2.80 bits per heavy atom. The summed E-state index contributed by atoms with van der Waals surface area (Å²) in [5.41, 5.74) is 0.896. The van der Waals surface area contributed by atoms with Gasteiger partial charge in [-0.05, 0) is 73.2 Å². The molecular formula is C23H24INO4S. The SMILES string of the molecule is CCOC(=O)c1cc(C(C)(C)N2CCOC(I)C2)cc2sc3ccccc3c(=O)c12. The number of ether oxygens (including phenoxy) is 2. The van der Waals surface area contributed by atoms with Crippen molar-refractivity contribution in [2.45, 2.75) is 30.4 Å². The summed E-state index contributed by atoms with van der Waals surface area (Å²) >= 11 is 3.85. The second kappa shape index (κ2) is 8.53.